The Labute approximate surface area is 168 Å². The summed E-state index contributed by atoms with van der Waals surface area (Å²) in [6.45, 7) is 5.01. The number of rotatable bonds is 5. The van der Waals surface area contributed by atoms with Gasteiger partial charge in [-0.3, -0.25) is 9.69 Å². The van der Waals surface area contributed by atoms with Crippen molar-refractivity contribution >= 4 is 23.3 Å². The summed E-state index contributed by atoms with van der Waals surface area (Å²) in [5.74, 6) is 1.27. The van der Waals surface area contributed by atoms with Crippen LogP contribution in [0.4, 0.5) is 0 Å². The van der Waals surface area contributed by atoms with Crippen LogP contribution >= 0.6 is 11.3 Å². The maximum atomic E-state index is 12.4. The second-order valence-corrected chi connectivity index (χ2v) is 7.69. The van der Waals surface area contributed by atoms with Crippen molar-refractivity contribution in [1.29, 1.82) is 0 Å². The molecular weight excluding hydrogens is 372 g/mol. The Hall–Kier alpha value is -2.77. The minimum atomic E-state index is 0.0175. The normalized spacial score (nSPS) is 16.5. The topological polar surface area (TPSA) is 62.5 Å². The van der Waals surface area contributed by atoms with Gasteiger partial charge in [0.2, 0.25) is 17.6 Å². The fraction of sp³-hybridized carbons (Fsp3) is 0.286. The monoisotopic (exact) mass is 394 g/mol. The molecule has 0 radical (unpaired) electrons. The van der Waals surface area contributed by atoms with Crippen LogP contribution in [0.2, 0.25) is 0 Å². The van der Waals surface area contributed by atoms with E-state index in [1.165, 1.54) is 0 Å². The molecule has 0 bridgehead atoms. The molecule has 0 spiro atoms. The van der Waals surface area contributed by atoms with Gasteiger partial charge < -0.3 is 9.42 Å². The lowest BCUT2D eigenvalue weighted by Gasteiger charge is -2.36. The second kappa shape index (κ2) is 8.50. The molecule has 6 nitrogen and oxygen atoms in total. The first-order chi connectivity index (χ1) is 13.7. The van der Waals surface area contributed by atoms with E-state index >= 15 is 0 Å². The van der Waals surface area contributed by atoms with Crippen molar-refractivity contribution in [3.63, 3.8) is 0 Å². The van der Waals surface area contributed by atoms with Crippen LogP contribution in [0.25, 0.3) is 17.5 Å². The maximum absolute atomic E-state index is 12.4. The van der Waals surface area contributed by atoms with Crippen LogP contribution in [0.15, 0.2) is 58.4 Å². The van der Waals surface area contributed by atoms with Crippen LogP contribution in [-0.4, -0.2) is 52.0 Å². The molecule has 1 saturated heterocycles. The van der Waals surface area contributed by atoms with Crippen LogP contribution in [0.3, 0.4) is 0 Å². The fourth-order valence-corrected chi connectivity index (χ4v) is 3.86. The van der Waals surface area contributed by atoms with Gasteiger partial charge in [-0.25, -0.2) is 0 Å². The molecule has 1 atom stereocenters. The Balaban J connectivity index is 1.33. The minimum Gasteiger partial charge on any atom is -0.337 e. The third-order valence-corrected chi connectivity index (χ3v) is 5.78. The van der Waals surface area contributed by atoms with E-state index in [-0.39, 0.29) is 11.9 Å². The number of hydrogen-bond acceptors (Lipinski definition) is 6. The Bertz CT molecular complexity index is 928. The van der Waals surface area contributed by atoms with Gasteiger partial charge in [-0.2, -0.15) is 4.98 Å². The molecule has 1 fully saturated rings. The SMILES string of the molecule is CC(c1nc(-c2ccccc2)no1)N1CCN(C(=O)/C=C/c2cccs2)CC1. The van der Waals surface area contributed by atoms with E-state index < -0.39 is 0 Å². The van der Waals surface area contributed by atoms with Crippen LogP contribution in [-0.2, 0) is 4.79 Å². The predicted molar refractivity (Wildman–Crippen MR) is 110 cm³/mol. The number of hydrogen-bond donors (Lipinski definition) is 0. The lowest BCUT2D eigenvalue weighted by Crippen LogP contribution is -2.48. The zero-order valence-electron chi connectivity index (χ0n) is 15.7. The number of carbonyl (C=O) groups excluding carboxylic acids is 1. The first-order valence-corrected chi connectivity index (χ1v) is 10.2. The van der Waals surface area contributed by atoms with Crippen molar-refractivity contribution in [2.75, 3.05) is 26.2 Å². The number of amides is 1. The summed E-state index contributed by atoms with van der Waals surface area (Å²) in [7, 11) is 0. The highest BCUT2D eigenvalue weighted by Gasteiger charge is 2.27. The smallest absolute Gasteiger partial charge is 0.246 e. The Morgan fingerprint density at radius 1 is 1.14 bits per heavy atom. The molecule has 0 N–H and O–H groups in total. The Kier molecular flexibility index (Phi) is 5.64. The molecule has 144 valence electrons. The molecule has 0 saturated carbocycles. The van der Waals surface area contributed by atoms with Crippen molar-refractivity contribution < 1.29 is 9.32 Å². The highest BCUT2D eigenvalue weighted by Crippen LogP contribution is 2.23. The van der Waals surface area contributed by atoms with Gasteiger partial charge in [0.05, 0.1) is 6.04 Å². The number of aromatic nitrogens is 2. The van der Waals surface area contributed by atoms with Crippen LogP contribution in [0, 0.1) is 0 Å². The van der Waals surface area contributed by atoms with Gasteiger partial charge in [0.25, 0.3) is 0 Å². The van der Waals surface area contributed by atoms with Gasteiger partial charge in [0.1, 0.15) is 0 Å². The van der Waals surface area contributed by atoms with Crippen molar-refractivity contribution in [3.8, 4) is 11.4 Å². The number of nitrogens with zero attached hydrogens (tertiary/aromatic N) is 4. The molecule has 3 aromatic rings. The minimum absolute atomic E-state index is 0.0175. The highest BCUT2D eigenvalue weighted by atomic mass is 32.1. The fourth-order valence-electron chi connectivity index (χ4n) is 3.24. The van der Waals surface area contributed by atoms with E-state index in [1.807, 2.05) is 58.8 Å². The van der Waals surface area contributed by atoms with Crippen molar-refractivity contribution in [1.82, 2.24) is 19.9 Å². The van der Waals surface area contributed by atoms with Gasteiger partial charge in [-0.15, -0.1) is 11.3 Å². The molecule has 1 aromatic carbocycles. The molecule has 7 heteroatoms. The summed E-state index contributed by atoms with van der Waals surface area (Å²) in [6, 6.07) is 13.8. The van der Waals surface area contributed by atoms with E-state index in [4.69, 9.17) is 4.52 Å². The first-order valence-electron chi connectivity index (χ1n) is 9.34. The van der Waals surface area contributed by atoms with Crippen molar-refractivity contribution in [2.45, 2.75) is 13.0 Å². The summed E-state index contributed by atoms with van der Waals surface area (Å²) in [5, 5.41) is 6.11. The first kappa shape index (κ1) is 18.6. The van der Waals surface area contributed by atoms with Gasteiger partial charge in [-0.05, 0) is 24.4 Å². The number of thiophene rings is 1. The van der Waals surface area contributed by atoms with E-state index in [0.717, 1.165) is 23.5 Å². The molecule has 0 aliphatic carbocycles. The van der Waals surface area contributed by atoms with Crippen LogP contribution < -0.4 is 0 Å². The molecule has 1 amide bonds. The van der Waals surface area contributed by atoms with E-state index in [9.17, 15) is 4.79 Å². The molecule has 28 heavy (non-hydrogen) atoms. The van der Waals surface area contributed by atoms with E-state index in [1.54, 1.807) is 17.4 Å². The molecule has 3 heterocycles. The highest BCUT2D eigenvalue weighted by molar-refractivity contribution is 7.10. The molecular formula is C21H22N4O2S. The van der Waals surface area contributed by atoms with Crippen LogP contribution in [0.5, 0.6) is 0 Å². The molecule has 1 aliphatic rings. The summed E-state index contributed by atoms with van der Waals surface area (Å²) in [4.78, 5) is 22.2. The molecule has 4 rings (SSSR count). The van der Waals surface area contributed by atoms with E-state index in [2.05, 4.69) is 22.0 Å². The summed E-state index contributed by atoms with van der Waals surface area (Å²) in [5.41, 5.74) is 0.942. The summed E-state index contributed by atoms with van der Waals surface area (Å²) >= 11 is 1.62. The Morgan fingerprint density at radius 3 is 2.64 bits per heavy atom. The zero-order valence-corrected chi connectivity index (χ0v) is 16.5. The quantitative estimate of drug-likeness (QED) is 0.617. The standard InChI is InChI=1S/C21H22N4O2S/c1-16(21-22-20(23-27-21)17-6-3-2-4-7-17)24-11-13-25(14-12-24)19(26)10-9-18-8-5-15-28-18/h2-10,15-16H,11-14H2,1H3/b10-9+. The molecule has 1 aliphatic heterocycles. The maximum Gasteiger partial charge on any atom is 0.246 e. The van der Waals surface area contributed by atoms with Crippen molar-refractivity contribution in [3.05, 3.63) is 64.7 Å². The van der Waals surface area contributed by atoms with Gasteiger partial charge in [-0.1, -0.05) is 41.6 Å². The third kappa shape index (κ3) is 4.21. The number of carbonyl (C=O) groups is 1. The Morgan fingerprint density at radius 2 is 1.93 bits per heavy atom. The lowest BCUT2D eigenvalue weighted by atomic mass is 10.2. The summed E-state index contributed by atoms with van der Waals surface area (Å²) < 4.78 is 5.49. The largest absolute Gasteiger partial charge is 0.337 e. The third-order valence-electron chi connectivity index (χ3n) is 4.94. The lowest BCUT2D eigenvalue weighted by molar-refractivity contribution is -0.128. The number of piperazine rings is 1. The summed E-state index contributed by atoms with van der Waals surface area (Å²) in [6.07, 6.45) is 3.54. The predicted octanol–water partition coefficient (Wildman–Crippen LogP) is 3.72. The van der Waals surface area contributed by atoms with Gasteiger partial charge in [0.15, 0.2) is 0 Å². The van der Waals surface area contributed by atoms with Crippen molar-refractivity contribution in [2.24, 2.45) is 0 Å². The molecule has 1 unspecified atom stereocenters. The van der Waals surface area contributed by atoms with Gasteiger partial charge >= 0.3 is 0 Å². The van der Waals surface area contributed by atoms with Gasteiger partial charge in [0, 0.05) is 42.7 Å². The van der Waals surface area contributed by atoms with E-state index in [0.29, 0.717) is 24.8 Å². The number of benzene rings is 1. The van der Waals surface area contributed by atoms with Crippen LogP contribution in [0.1, 0.15) is 23.7 Å². The average Bonchev–Trinajstić information content (AvgIpc) is 3.44. The average molecular weight is 395 g/mol. The zero-order chi connectivity index (χ0) is 19.3. The molecule has 2 aromatic heterocycles. The second-order valence-electron chi connectivity index (χ2n) is 6.71.